The number of hydrogen-bond acceptors (Lipinski definition) is 6. The van der Waals surface area contributed by atoms with Crippen LogP contribution in [0.25, 0.3) is 0 Å². The molecule has 7 heteroatoms. The number of carbonyl (C=O) groups is 1. The first-order valence-corrected chi connectivity index (χ1v) is 9.51. The van der Waals surface area contributed by atoms with Crippen LogP contribution in [0.4, 0.5) is 5.13 Å². The van der Waals surface area contributed by atoms with Gasteiger partial charge in [-0.1, -0.05) is 35.9 Å². The molecule has 1 aromatic heterocycles. The summed E-state index contributed by atoms with van der Waals surface area (Å²) in [7, 11) is 1.83. The molecular weight excluding hydrogens is 304 g/mol. The zero-order chi connectivity index (χ0) is 14.7. The summed E-state index contributed by atoms with van der Waals surface area (Å²) in [5, 5.41) is 11.9. The zero-order valence-electron chi connectivity index (χ0n) is 12.4. The lowest BCUT2D eigenvalue weighted by molar-refractivity contribution is -0.134. The Morgan fingerprint density at radius 3 is 2.95 bits per heavy atom. The van der Waals surface area contributed by atoms with E-state index in [1.165, 1.54) is 61.6 Å². The number of nitrogens with zero attached hydrogens (tertiary/aromatic N) is 3. The van der Waals surface area contributed by atoms with E-state index in [1.807, 2.05) is 7.05 Å². The van der Waals surface area contributed by atoms with Gasteiger partial charge in [-0.2, -0.15) is 0 Å². The number of aromatic nitrogens is 2. The van der Waals surface area contributed by atoms with Crippen LogP contribution in [0.3, 0.4) is 0 Å². The highest BCUT2D eigenvalue weighted by molar-refractivity contribution is 8.01. The standard InChI is InChI=1S/C14H22N4OS2/c1-15-13-16-17-14(21-13)20-9-12(19)18-8-4-6-10-5-2-3-7-11(10)18/h10-11H,2-9H2,1H3,(H,15,16). The number of fused-ring (bicyclic) bond motifs is 1. The first-order valence-electron chi connectivity index (χ1n) is 7.71. The highest BCUT2D eigenvalue weighted by Gasteiger charge is 2.35. The van der Waals surface area contributed by atoms with Crippen molar-refractivity contribution in [1.82, 2.24) is 15.1 Å². The van der Waals surface area contributed by atoms with E-state index in [-0.39, 0.29) is 5.91 Å². The van der Waals surface area contributed by atoms with Crippen molar-refractivity contribution >= 4 is 34.1 Å². The summed E-state index contributed by atoms with van der Waals surface area (Å²) in [5.41, 5.74) is 0. The SMILES string of the molecule is CNc1nnc(SCC(=O)N2CCCC3CCCCC32)s1. The predicted molar refractivity (Wildman–Crippen MR) is 86.9 cm³/mol. The second kappa shape index (κ2) is 6.96. The molecule has 1 saturated carbocycles. The van der Waals surface area contributed by atoms with Crippen molar-refractivity contribution in [3.8, 4) is 0 Å². The van der Waals surface area contributed by atoms with Gasteiger partial charge in [-0.25, -0.2) is 0 Å². The second-order valence-electron chi connectivity index (χ2n) is 5.75. The van der Waals surface area contributed by atoms with E-state index in [2.05, 4.69) is 20.4 Å². The number of rotatable bonds is 4. The lowest BCUT2D eigenvalue weighted by atomic mass is 9.78. The van der Waals surface area contributed by atoms with E-state index in [0.717, 1.165) is 21.9 Å². The van der Waals surface area contributed by atoms with Gasteiger partial charge in [-0.05, 0) is 31.6 Å². The molecule has 0 radical (unpaired) electrons. The number of likely N-dealkylation sites (tertiary alicyclic amines) is 1. The molecule has 2 atom stereocenters. The predicted octanol–water partition coefficient (Wildman–Crippen LogP) is 2.85. The van der Waals surface area contributed by atoms with Crippen LogP contribution in [0.1, 0.15) is 38.5 Å². The first kappa shape index (κ1) is 15.1. The molecule has 5 nitrogen and oxygen atoms in total. The molecule has 1 aliphatic heterocycles. The Kier molecular flexibility index (Phi) is 5.00. The minimum absolute atomic E-state index is 0.276. The fourth-order valence-electron chi connectivity index (χ4n) is 3.51. The lowest BCUT2D eigenvalue weighted by Gasteiger charge is -2.44. The van der Waals surface area contributed by atoms with Crippen molar-refractivity contribution in [2.24, 2.45) is 5.92 Å². The largest absolute Gasteiger partial charge is 0.363 e. The maximum absolute atomic E-state index is 12.5. The van der Waals surface area contributed by atoms with Gasteiger partial charge in [0.15, 0.2) is 4.34 Å². The number of anilines is 1. The summed E-state index contributed by atoms with van der Waals surface area (Å²) in [6.45, 7) is 0.943. The summed E-state index contributed by atoms with van der Waals surface area (Å²) < 4.78 is 0.866. The van der Waals surface area contributed by atoms with E-state index < -0.39 is 0 Å². The monoisotopic (exact) mass is 326 g/mol. The van der Waals surface area contributed by atoms with Crippen molar-refractivity contribution in [1.29, 1.82) is 0 Å². The molecule has 1 aliphatic carbocycles. The highest BCUT2D eigenvalue weighted by Crippen LogP contribution is 2.36. The molecule has 0 spiro atoms. The average Bonchev–Trinajstić information content (AvgIpc) is 3.00. The van der Waals surface area contributed by atoms with Crippen molar-refractivity contribution in [2.75, 3.05) is 24.7 Å². The average molecular weight is 326 g/mol. The van der Waals surface area contributed by atoms with Crippen LogP contribution in [-0.2, 0) is 4.79 Å². The van der Waals surface area contributed by atoms with Crippen LogP contribution in [0, 0.1) is 5.92 Å². The summed E-state index contributed by atoms with van der Waals surface area (Å²) in [5.74, 6) is 1.51. The van der Waals surface area contributed by atoms with Gasteiger partial charge in [-0.15, -0.1) is 10.2 Å². The number of thioether (sulfide) groups is 1. The minimum atomic E-state index is 0.276. The Morgan fingerprint density at radius 1 is 1.33 bits per heavy atom. The molecule has 1 aromatic rings. The smallest absolute Gasteiger partial charge is 0.233 e. The van der Waals surface area contributed by atoms with Gasteiger partial charge in [0.25, 0.3) is 0 Å². The summed E-state index contributed by atoms with van der Waals surface area (Å²) in [6, 6.07) is 0.503. The molecule has 0 aromatic carbocycles. The van der Waals surface area contributed by atoms with Crippen LogP contribution in [0.15, 0.2) is 4.34 Å². The Balaban J connectivity index is 1.56. The quantitative estimate of drug-likeness (QED) is 0.862. The number of hydrogen-bond donors (Lipinski definition) is 1. The van der Waals surface area contributed by atoms with Crippen molar-refractivity contribution in [3.05, 3.63) is 0 Å². The van der Waals surface area contributed by atoms with E-state index in [9.17, 15) is 4.79 Å². The zero-order valence-corrected chi connectivity index (χ0v) is 14.0. The van der Waals surface area contributed by atoms with Gasteiger partial charge >= 0.3 is 0 Å². The Labute approximate surface area is 133 Å². The van der Waals surface area contributed by atoms with Gasteiger partial charge in [0.1, 0.15) is 0 Å². The molecule has 2 heterocycles. The molecular formula is C14H22N4OS2. The molecule has 1 N–H and O–H groups in total. The third kappa shape index (κ3) is 3.51. The third-order valence-corrected chi connectivity index (χ3v) is 6.56. The highest BCUT2D eigenvalue weighted by atomic mass is 32.2. The summed E-state index contributed by atoms with van der Waals surface area (Å²) >= 11 is 3.01. The molecule has 3 rings (SSSR count). The van der Waals surface area contributed by atoms with Gasteiger partial charge in [0, 0.05) is 19.6 Å². The van der Waals surface area contributed by atoms with Gasteiger partial charge < -0.3 is 10.2 Å². The first-order chi connectivity index (χ1) is 10.3. The van der Waals surface area contributed by atoms with Gasteiger partial charge in [0.05, 0.1) is 5.75 Å². The number of carbonyl (C=O) groups excluding carboxylic acids is 1. The Bertz CT molecular complexity index is 491. The normalized spacial score (nSPS) is 25.5. The Morgan fingerprint density at radius 2 is 2.14 bits per heavy atom. The van der Waals surface area contributed by atoms with E-state index in [1.54, 1.807) is 0 Å². The molecule has 0 bridgehead atoms. The van der Waals surface area contributed by atoms with Gasteiger partial charge in [-0.3, -0.25) is 4.79 Å². The molecule has 2 fully saturated rings. The van der Waals surface area contributed by atoms with Crippen LogP contribution >= 0.6 is 23.1 Å². The van der Waals surface area contributed by atoms with Gasteiger partial charge in [0.2, 0.25) is 11.0 Å². The summed E-state index contributed by atoms with van der Waals surface area (Å²) in [6.07, 6.45) is 7.60. The molecule has 21 heavy (non-hydrogen) atoms. The van der Waals surface area contributed by atoms with E-state index >= 15 is 0 Å². The topological polar surface area (TPSA) is 58.1 Å². The van der Waals surface area contributed by atoms with E-state index in [0.29, 0.717) is 11.8 Å². The Hall–Kier alpha value is -0.820. The third-order valence-electron chi connectivity index (χ3n) is 4.50. The molecule has 2 aliphatic rings. The van der Waals surface area contributed by atoms with Crippen molar-refractivity contribution in [3.63, 3.8) is 0 Å². The number of amides is 1. The van der Waals surface area contributed by atoms with Crippen molar-refractivity contribution in [2.45, 2.75) is 48.9 Å². The van der Waals surface area contributed by atoms with Crippen LogP contribution in [0.2, 0.25) is 0 Å². The fourth-order valence-corrected chi connectivity index (χ4v) is 5.10. The van der Waals surface area contributed by atoms with E-state index in [4.69, 9.17) is 0 Å². The maximum Gasteiger partial charge on any atom is 0.233 e. The van der Waals surface area contributed by atoms with Crippen LogP contribution in [-0.4, -0.2) is 46.4 Å². The van der Waals surface area contributed by atoms with Crippen LogP contribution < -0.4 is 5.32 Å². The maximum atomic E-state index is 12.5. The minimum Gasteiger partial charge on any atom is -0.363 e. The molecule has 116 valence electrons. The molecule has 1 amide bonds. The lowest BCUT2D eigenvalue weighted by Crippen LogP contribution is -2.50. The second-order valence-corrected chi connectivity index (χ2v) is 7.95. The summed E-state index contributed by atoms with van der Waals surface area (Å²) in [4.78, 5) is 14.7. The molecule has 2 unspecified atom stereocenters. The van der Waals surface area contributed by atoms with Crippen LogP contribution in [0.5, 0.6) is 0 Å². The number of nitrogens with one attached hydrogen (secondary N) is 1. The van der Waals surface area contributed by atoms with Crippen molar-refractivity contribution < 1.29 is 4.79 Å². The fraction of sp³-hybridized carbons (Fsp3) is 0.786. The molecule has 1 saturated heterocycles. The number of piperidine rings is 1.